The molecule has 0 unspecified atom stereocenters. The zero-order chi connectivity index (χ0) is 11.9. The summed E-state index contributed by atoms with van der Waals surface area (Å²) in [5.41, 5.74) is 0.283. The van der Waals surface area contributed by atoms with Crippen LogP contribution in [0, 0.1) is 5.41 Å². The lowest BCUT2D eigenvalue weighted by Gasteiger charge is -2.24. The van der Waals surface area contributed by atoms with E-state index in [4.69, 9.17) is 4.74 Å². The molecule has 0 saturated heterocycles. The molecule has 0 aliphatic rings. The Balaban J connectivity index is 2.30. The quantitative estimate of drug-likeness (QED) is 0.607. The Morgan fingerprint density at radius 3 is 2.38 bits per heavy atom. The summed E-state index contributed by atoms with van der Waals surface area (Å²) in [5, 5.41) is 0. The van der Waals surface area contributed by atoms with Crippen molar-refractivity contribution < 1.29 is 4.74 Å². The molecular weight excluding hydrogens is 196 g/mol. The van der Waals surface area contributed by atoms with Crippen molar-refractivity contribution >= 4 is 0 Å². The van der Waals surface area contributed by atoms with E-state index in [0.29, 0.717) is 0 Å². The van der Waals surface area contributed by atoms with Crippen LogP contribution in [0.25, 0.3) is 0 Å². The van der Waals surface area contributed by atoms with Crippen molar-refractivity contribution in [1.82, 2.24) is 0 Å². The first-order chi connectivity index (χ1) is 7.64. The highest BCUT2D eigenvalue weighted by Crippen LogP contribution is 2.25. The van der Waals surface area contributed by atoms with Gasteiger partial charge in [-0.05, 0) is 24.0 Å². The maximum absolute atomic E-state index is 5.80. The second-order valence-corrected chi connectivity index (χ2v) is 5.22. The van der Waals surface area contributed by atoms with Gasteiger partial charge in [0.25, 0.3) is 0 Å². The predicted molar refractivity (Wildman–Crippen MR) is 69.9 cm³/mol. The van der Waals surface area contributed by atoms with E-state index in [1.807, 2.05) is 30.3 Å². The fourth-order valence-electron chi connectivity index (χ4n) is 1.72. The average molecular weight is 220 g/mol. The molecule has 0 atom stereocenters. The summed E-state index contributed by atoms with van der Waals surface area (Å²) in [6.07, 6.45) is 5.17. The molecule has 1 heteroatoms. The highest BCUT2D eigenvalue weighted by atomic mass is 16.5. The van der Waals surface area contributed by atoms with Crippen LogP contribution in [0.3, 0.4) is 0 Å². The SMILES string of the molecule is CCCCCC(C)(C)COc1ccccc1. The van der Waals surface area contributed by atoms with Crippen molar-refractivity contribution in [1.29, 1.82) is 0 Å². The normalized spacial score (nSPS) is 11.4. The molecule has 1 aromatic rings. The zero-order valence-electron chi connectivity index (χ0n) is 10.8. The molecule has 0 N–H and O–H groups in total. The van der Waals surface area contributed by atoms with Crippen LogP contribution in [0.2, 0.25) is 0 Å². The minimum atomic E-state index is 0.283. The van der Waals surface area contributed by atoms with Crippen molar-refractivity contribution in [2.75, 3.05) is 6.61 Å². The fraction of sp³-hybridized carbons (Fsp3) is 0.600. The van der Waals surface area contributed by atoms with Crippen LogP contribution in [-0.4, -0.2) is 6.61 Å². The Morgan fingerprint density at radius 2 is 1.75 bits per heavy atom. The number of rotatable bonds is 7. The third-order valence-electron chi connectivity index (χ3n) is 2.83. The van der Waals surface area contributed by atoms with Crippen molar-refractivity contribution in [3.05, 3.63) is 30.3 Å². The molecule has 0 heterocycles. The lowest BCUT2D eigenvalue weighted by molar-refractivity contribution is 0.166. The van der Waals surface area contributed by atoms with Crippen LogP contribution in [0.1, 0.15) is 46.5 Å². The molecule has 0 bridgehead atoms. The Labute approximate surface area is 99.8 Å². The molecule has 0 aliphatic carbocycles. The van der Waals surface area contributed by atoms with Gasteiger partial charge in [0.1, 0.15) is 5.75 Å². The van der Waals surface area contributed by atoms with Gasteiger partial charge in [0.05, 0.1) is 6.61 Å². The first-order valence-electron chi connectivity index (χ1n) is 6.32. The number of hydrogen-bond acceptors (Lipinski definition) is 1. The van der Waals surface area contributed by atoms with Gasteiger partial charge >= 0.3 is 0 Å². The van der Waals surface area contributed by atoms with Crippen LogP contribution < -0.4 is 4.74 Å². The highest BCUT2D eigenvalue weighted by Gasteiger charge is 2.18. The third kappa shape index (κ3) is 5.20. The molecule has 1 nitrogen and oxygen atoms in total. The van der Waals surface area contributed by atoms with E-state index in [-0.39, 0.29) is 5.41 Å². The second-order valence-electron chi connectivity index (χ2n) is 5.22. The lowest BCUT2D eigenvalue weighted by Crippen LogP contribution is -2.21. The zero-order valence-corrected chi connectivity index (χ0v) is 10.8. The highest BCUT2D eigenvalue weighted by molar-refractivity contribution is 5.20. The molecule has 0 spiro atoms. The Bertz CT molecular complexity index is 277. The van der Waals surface area contributed by atoms with E-state index in [1.54, 1.807) is 0 Å². The first kappa shape index (κ1) is 13.1. The van der Waals surface area contributed by atoms with E-state index in [2.05, 4.69) is 20.8 Å². The van der Waals surface area contributed by atoms with E-state index in [9.17, 15) is 0 Å². The van der Waals surface area contributed by atoms with E-state index >= 15 is 0 Å². The van der Waals surface area contributed by atoms with Crippen molar-refractivity contribution in [2.45, 2.75) is 46.5 Å². The standard InChI is InChI=1S/C15H24O/c1-4-5-9-12-15(2,3)13-16-14-10-7-6-8-11-14/h6-8,10-11H,4-5,9,12-13H2,1-3H3. The van der Waals surface area contributed by atoms with E-state index < -0.39 is 0 Å². The molecule has 0 saturated carbocycles. The fourth-order valence-corrected chi connectivity index (χ4v) is 1.72. The van der Waals surface area contributed by atoms with Crippen LogP contribution in [0.15, 0.2) is 30.3 Å². The number of hydrogen-bond donors (Lipinski definition) is 0. The molecule has 0 fully saturated rings. The van der Waals surface area contributed by atoms with Gasteiger partial charge in [-0.3, -0.25) is 0 Å². The van der Waals surface area contributed by atoms with E-state index in [0.717, 1.165) is 12.4 Å². The smallest absolute Gasteiger partial charge is 0.119 e. The molecule has 0 aliphatic heterocycles. The maximum Gasteiger partial charge on any atom is 0.119 e. The van der Waals surface area contributed by atoms with Gasteiger partial charge in [0, 0.05) is 0 Å². The summed E-state index contributed by atoms with van der Waals surface area (Å²) in [4.78, 5) is 0. The summed E-state index contributed by atoms with van der Waals surface area (Å²) >= 11 is 0. The largest absolute Gasteiger partial charge is 0.493 e. The van der Waals surface area contributed by atoms with Gasteiger partial charge in [0.15, 0.2) is 0 Å². The molecule has 16 heavy (non-hydrogen) atoms. The van der Waals surface area contributed by atoms with Gasteiger partial charge in [-0.15, -0.1) is 0 Å². The van der Waals surface area contributed by atoms with Gasteiger partial charge in [0.2, 0.25) is 0 Å². The lowest BCUT2D eigenvalue weighted by atomic mass is 9.88. The minimum Gasteiger partial charge on any atom is -0.493 e. The van der Waals surface area contributed by atoms with Gasteiger partial charge < -0.3 is 4.74 Å². The Hall–Kier alpha value is -0.980. The Kier molecular flexibility index (Phi) is 5.37. The monoisotopic (exact) mass is 220 g/mol. The topological polar surface area (TPSA) is 9.23 Å². The number of ether oxygens (including phenoxy) is 1. The van der Waals surface area contributed by atoms with Crippen molar-refractivity contribution in [2.24, 2.45) is 5.41 Å². The average Bonchev–Trinajstić information content (AvgIpc) is 2.28. The number of benzene rings is 1. The maximum atomic E-state index is 5.80. The molecule has 1 aromatic carbocycles. The summed E-state index contributed by atoms with van der Waals surface area (Å²) in [6.45, 7) is 7.62. The van der Waals surface area contributed by atoms with Crippen LogP contribution >= 0.6 is 0 Å². The first-order valence-corrected chi connectivity index (χ1v) is 6.32. The van der Waals surface area contributed by atoms with Gasteiger partial charge in [-0.25, -0.2) is 0 Å². The van der Waals surface area contributed by atoms with Gasteiger partial charge in [-0.1, -0.05) is 58.2 Å². The van der Waals surface area contributed by atoms with Gasteiger partial charge in [-0.2, -0.15) is 0 Å². The van der Waals surface area contributed by atoms with E-state index in [1.165, 1.54) is 25.7 Å². The second kappa shape index (κ2) is 6.57. The summed E-state index contributed by atoms with van der Waals surface area (Å²) in [5.74, 6) is 0.978. The summed E-state index contributed by atoms with van der Waals surface area (Å²) in [7, 11) is 0. The third-order valence-corrected chi connectivity index (χ3v) is 2.83. The molecule has 0 radical (unpaired) electrons. The van der Waals surface area contributed by atoms with Crippen molar-refractivity contribution in [3.63, 3.8) is 0 Å². The Morgan fingerprint density at radius 1 is 1.06 bits per heavy atom. The summed E-state index contributed by atoms with van der Waals surface area (Å²) in [6, 6.07) is 10.1. The predicted octanol–water partition coefficient (Wildman–Crippen LogP) is 4.67. The molecular formula is C15H24O. The molecule has 90 valence electrons. The molecule has 0 aromatic heterocycles. The molecule has 0 amide bonds. The molecule has 1 rings (SSSR count). The van der Waals surface area contributed by atoms with Crippen molar-refractivity contribution in [3.8, 4) is 5.75 Å². The van der Waals surface area contributed by atoms with Crippen LogP contribution in [0.4, 0.5) is 0 Å². The number of para-hydroxylation sites is 1. The minimum absolute atomic E-state index is 0.283. The summed E-state index contributed by atoms with van der Waals surface area (Å²) < 4.78 is 5.80. The van der Waals surface area contributed by atoms with Crippen LogP contribution in [-0.2, 0) is 0 Å². The van der Waals surface area contributed by atoms with Crippen LogP contribution in [0.5, 0.6) is 5.75 Å². The number of unbranched alkanes of at least 4 members (excludes halogenated alkanes) is 2.